The molecule has 0 aromatic rings. The zero-order valence-corrected chi connectivity index (χ0v) is 14.2. The Balaban J connectivity index is 1.71. The predicted octanol–water partition coefficient (Wildman–Crippen LogP) is 2.51. The first-order valence-electron chi connectivity index (χ1n) is 8.23. The average Bonchev–Trinajstić information content (AvgIpc) is 2.28. The summed E-state index contributed by atoms with van der Waals surface area (Å²) in [5.74, 6) is -1.14. The summed E-state index contributed by atoms with van der Waals surface area (Å²) in [6.45, 7) is 8.97. The van der Waals surface area contributed by atoms with Gasteiger partial charge in [-0.1, -0.05) is 20.4 Å². The van der Waals surface area contributed by atoms with Gasteiger partial charge in [0.2, 0.25) is 0 Å². The lowest BCUT2D eigenvalue weighted by molar-refractivity contribution is -0.261. The third-order valence-corrected chi connectivity index (χ3v) is 5.51. The molecule has 0 radical (unpaired) electrons. The SMILES string of the molecule is C=C(C)C(=O)OCC(=O)OC12CC3(C)CC(C)(CC(O)(C3)C1)C2. The van der Waals surface area contributed by atoms with Crippen molar-refractivity contribution in [2.24, 2.45) is 10.8 Å². The molecule has 4 bridgehead atoms. The van der Waals surface area contributed by atoms with E-state index < -0.39 is 29.7 Å². The second-order valence-corrected chi connectivity index (χ2v) is 8.92. The van der Waals surface area contributed by atoms with Gasteiger partial charge in [-0.2, -0.15) is 0 Å². The van der Waals surface area contributed by atoms with Gasteiger partial charge in [-0.15, -0.1) is 0 Å². The first-order chi connectivity index (χ1) is 10.5. The molecule has 23 heavy (non-hydrogen) atoms. The van der Waals surface area contributed by atoms with Crippen LogP contribution in [0.2, 0.25) is 0 Å². The lowest BCUT2D eigenvalue weighted by Crippen LogP contribution is -2.66. The smallest absolute Gasteiger partial charge is 0.344 e. The van der Waals surface area contributed by atoms with E-state index in [2.05, 4.69) is 20.4 Å². The fraction of sp³-hybridized carbons (Fsp3) is 0.778. The largest absolute Gasteiger partial charge is 0.456 e. The molecule has 0 saturated heterocycles. The Morgan fingerprint density at radius 3 is 2.09 bits per heavy atom. The van der Waals surface area contributed by atoms with Crippen LogP contribution >= 0.6 is 0 Å². The molecular weight excluding hydrogens is 296 g/mol. The molecule has 4 aliphatic rings. The molecule has 128 valence electrons. The van der Waals surface area contributed by atoms with Crippen LogP contribution in [0.5, 0.6) is 0 Å². The fourth-order valence-corrected chi connectivity index (χ4v) is 6.15. The Hall–Kier alpha value is -1.36. The maximum atomic E-state index is 12.2. The Morgan fingerprint density at radius 1 is 1.04 bits per heavy atom. The summed E-state index contributed by atoms with van der Waals surface area (Å²) in [7, 11) is 0. The maximum absolute atomic E-state index is 12.2. The zero-order chi connectivity index (χ0) is 17.1. The Morgan fingerprint density at radius 2 is 1.61 bits per heavy atom. The van der Waals surface area contributed by atoms with Crippen molar-refractivity contribution in [1.29, 1.82) is 0 Å². The van der Waals surface area contributed by atoms with Gasteiger partial charge in [0.1, 0.15) is 5.60 Å². The standard InChI is InChI=1S/C18H26O5/c1-12(2)14(20)22-5-13(19)23-18-9-15(3)6-16(4,10-18)8-17(21,7-15)11-18/h21H,1,5-11H2,2-4H3. The van der Waals surface area contributed by atoms with Crippen molar-refractivity contribution < 1.29 is 24.2 Å². The highest BCUT2D eigenvalue weighted by Crippen LogP contribution is 2.68. The molecule has 1 N–H and O–H groups in total. The molecule has 4 rings (SSSR count). The van der Waals surface area contributed by atoms with Crippen LogP contribution in [-0.4, -0.2) is 34.9 Å². The number of rotatable bonds is 4. The predicted molar refractivity (Wildman–Crippen MR) is 83.5 cm³/mol. The molecule has 2 unspecified atom stereocenters. The number of hydrogen-bond donors (Lipinski definition) is 1. The molecule has 0 aliphatic heterocycles. The second kappa shape index (κ2) is 4.82. The summed E-state index contributed by atoms with van der Waals surface area (Å²) in [6, 6.07) is 0. The van der Waals surface area contributed by atoms with E-state index in [1.165, 1.54) is 6.92 Å². The van der Waals surface area contributed by atoms with Gasteiger partial charge >= 0.3 is 11.9 Å². The molecule has 0 aromatic heterocycles. The van der Waals surface area contributed by atoms with Gasteiger partial charge in [0.15, 0.2) is 6.61 Å². The molecule has 5 nitrogen and oxygen atoms in total. The van der Waals surface area contributed by atoms with Crippen molar-refractivity contribution in [2.75, 3.05) is 6.61 Å². The number of carbonyl (C=O) groups excluding carboxylic acids is 2. The van der Waals surface area contributed by atoms with E-state index in [1.807, 2.05) is 0 Å². The Labute approximate surface area is 137 Å². The van der Waals surface area contributed by atoms with Gasteiger partial charge in [0.25, 0.3) is 0 Å². The molecular formula is C18H26O5. The lowest BCUT2D eigenvalue weighted by atomic mass is 9.42. The van der Waals surface area contributed by atoms with E-state index in [1.54, 1.807) is 0 Å². The first kappa shape index (κ1) is 16.5. The van der Waals surface area contributed by atoms with Gasteiger partial charge in [0.05, 0.1) is 5.60 Å². The monoisotopic (exact) mass is 322 g/mol. The number of esters is 2. The number of carbonyl (C=O) groups is 2. The Kier molecular flexibility index (Phi) is 3.46. The summed E-state index contributed by atoms with van der Waals surface area (Å²) in [5.41, 5.74) is -1.10. The lowest BCUT2D eigenvalue weighted by Gasteiger charge is -2.67. The molecule has 2 atom stereocenters. The maximum Gasteiger partial charge on any atom is 0.344 e. The fourth-order valence-electron chi connectivity index (χ4n) is 6.15. The van der Waals surface area contributed by atoms with E-state index in [-0.39, 0.29) is 16.4 Å². The summed E-state index contributed by atoms with van der Waals surface area (Å²) in [4.78, 5) is 23.6. The zero-order valence-electron chi connectivity index (χ0n) is 14.2. The second-order valence-electron chi connectivity index (χ2n) is 8.92. The van der Waals surface area contributed by atoms with E-state index in [9.17, 15) is 14.7 Å². The highest BCUT2D eigenvalue weighted by molar-refractivity contribution is 5.88. The molecule has 0 heterocycles. The minimum Gasteiger partial charge on any atom is -0.456 e. The third-order valence-electron chi connectivity index (χ3n) is 5.51. The third kappa shape index (κ3) is 3.03. The van der Waals surface area contributed by atoms with Crippen molar-refractivity contribution in [2.45, 2.75) is 70.5 Å². The van der Waals surface area contributed by atoms with Crippen molar-refractivity contribution in [1.82, 2.24) is 0 Å². The topological polar surface area (TPSA) is 72.8 Å². The van der Waals surface area contributed by atoms with Crippen molar-refractivity contribution in [3.05, 3.63) is 12.2 Å². The van der Waals surface area contributed by atoms with E-state index in [0.717, 1.165) is 32.1 Å². The van der Waals surface area contributed by atoms with Gasteiger partial charge in [-0.3, -0.25) is 0 Å². The number of aliphatic hydroxyl groups is 1. The van der Waals surface area contributed by atoms with Crippen molar-refractivity contribution in [3.8, 4) is 0 Å². The molecule has 4 aliphatic carbocycles. The Bertz CT molecular complexity index is 524. The minimum absolute atomic E-state index is 0.00686. The van der Waals surface area contributed by atoms with E-state index in [4.69, 9.17) is 9.47 Å². The molecule has 4 saturated carbocycles. The van der Waals surface area contributed by atoms with Crippen LogP contribution in [0.3, 0.4) is 0 Å². The van der Waals surface area contributed by atoms with Crippen LogP contribution < -0.4 is 0 Å². The van der Waals surface area contributed by atoms with Crippen LogP contribution in [0.25, 0.3) is 0 Å². The van der Waals surface area contributed by atoms with E-state index in [0.29, 0.717) is 6.42 Å². The van der Waals surface area contributed by atoms with Gasteiger partial charge < -0.3 is 14.6 Å². The van der Waals surface area contributed by atoms with Crippen molar-refractivity contribution >= 4 is 11.9 Å². The van der Waals surface area contributed by atoms with Gasteiger partial charge in [-0.05, 0) is 49.9 Å². The normalized spacial score (nSPS) is 44.0. The van der Waals surface area contributed by atoms with Crippen LogP contribution in [0.4, 0.5) is 0 Å². The first-order valence-corrected chi connectivity index (χ1v) is 8.23. The van der Waals surface area contributed by atoms with Crippen LogP contribution in [0.15, 0.2) is 12.2 Å². The molecule has 0 aromatic carbocycles. The number of hydrogen-bond acceptors (Lipinski definition) is 5. The summed E-state index contributed by atoms with van der Waals surface area (Å²) < 4.78 is 10.6. The summed E-state index contributed by atoms with van der Waals surface area (Å²) in [5, 5.41) is 10.9. The number of ether oxygens (including phenoxy) is 2. The quantitative estimate of drug-likeness (QED) is 0.636. The van der Waals surface area contributed by atoms with Crippen LogP contribution in [0.1, 0.15) is 59.3 Å². The van der Waals surface area contributed by atoms with Crippen molar-refractivity contribution in [3.63, 3.8) is 0 Å². The molecule has 0 spiro atoms. The van der Waals surface area contributed by atoms with Crippen LogP contribution in [-0.2, 0) is 19.1 Å². The minimum atomic E-state index is -0.743. The summed E-state index contributed by atoms with van der Waals surface area (Å²) >= 11 is 0. The highest BCUT2D eigenvalue weighted by Gasteiger charge is 2.66. The van der Waals surface area contributed by atoms with Gasteiger partial charge in [0, 0.05) is 12.0 Å². The van der Waals surface area contributed by atoms with Crippen LogP contribution in [0, 0.1) is 10.8 Å². The highest BCUT2D eigenvalue weighted by atomic mass is 16.6. The summed E-state index contributed by atoms with van der Waals surface area (Å²) in [6.07, 6.45) is 4.66. The average molecular weight is 322 g/mol. The van der Waals surface area contributed by atoms with E-state index >= 15 is 0 Å². The molecule has 0 amide bonds. The van der Waals surface area contributed by atoms with Gasteiger partial charge in [-0.25, -0.2) is 9.59 Å². The molecule has 5 heteroatoms. The molecule has 4 fully saturated rings.